The smallest absolute Gasteiger partial charge is 0.168 e. The molecule has 4 aromatic rings. The Hall–Kier alpha value is -3.34. The number of Topliss-reactive ketones (excluding diaryl/α,β-unsaturated/α-hetero) is 1. The lowest BCUT2D eigenvalue weighted by Crippen LogP contribution is -2.05. The molecule has 0 atom stereocenters. The van der Waals surface area contributed by atoms with E-state index in [2.05, 4.69) is 16.1 Å². The molecule has 0 N–H and O–H groups in total. The summed E-state index contributed by atoms with van der Waals surface area (Å²) in [6.45, 7) is 0. The number of ketones is 1. The van der Waals surface area contributed by atoms with E-state index < -0.39 is 0 Å². The van der Waals surface area contributed by atoms with Crippen molar-refractivity contribution in [3.63, 3.8) is 0 Å². The predicted octanol–water partition coefficient (Wildman–Crippen LogP) is 4.20. The van der Waals surface area contributed by atoms with E-state index in [9.17, 15) is 9.18 Å². The Morgan fingerprint density at radius 2 is 1.81 bits per heavy atom. The minimum atomic E-state index is -0.353. The molecule has 0 aliphatic rings. The number of nitrogens with zero attached hydrogens (tertiary/aromatic N) is 3. The third-order valence-corrected chi connectivity index (χ3v) is 4.32. The van der Waals surface area contributed by atoms with Crippen molar-refractivity contribution >= 4 is 16.6 Å². The Labute approximate surface area is 149 Å². The molecule has 2 aromatic carbocycles. The number of carbonyl (C=O) groups excluding carboxylic acids is 1. The lowest BCUT2D eigenvalue weighted by molar-refractivity contribution is 0.0992. The zero-order valence-corrected chi connectivity index (χ0v) is 14.2. The Morgan fingerprint density at radius 3 is 2.54 bits per heavy atom. The van der Waals surface area contributed by atoms with Gasteiger partial charge in [0.05, 0.1) is 12.6 Å². The van der Waals surface area contributed by atoms with Gasteiger partial charge in [-0.25, -0.2) is 4.39 Å². The Morgan fingerprint density at radius 1 is 1.00 bits per heavy atom. The van der Waals surface area contributed by atoms with Crippen molar-refractivity contribution in [3.8, 4) is 11.1 Å². The number of pyridine rings is 1. The van der Waals surface area contributed by atoms with Gasteiger partial charge in [-0.2, -0.15) is 5.10 Å². The molecule has 0 bridgehead atoms. The fraction of sp³-hybridized carbons (Fsp3) is 0.0952. The van der Waals surface area contributed by atoms with Gasteiger partial charge in [0.2, 0.25) is 0 Å². The zero-order chi connectivity index (χ0) is 18.1. The van der Waals surface area contributed by atoms with Crippen LogP contribution in [-0.2, 0) is 13.5 Å². The van der Waals surface area contributed by atoms with E-state index in [1.807, 2.05) is 37.6 Å². The van der Waals surface area contributed by atoms with Gasteiger partial charge in [-0.3, -0.25) is 14.5 Å². The molecule has 0 spiro atoms. The molecule has 0 unspecified atom stereocenters. The lowest BCUT2D eigenvalue weighted by Gasteiger charge is -2.05. The van der Waals surface area contributed by atoms with Crippen LogP contribution < -0.4 is 0 Å². The van der Waals surface area contributed by atoms with Crippen LogP contribution in [0.4, 0.5) is 4.39 Å². The maximum Gasteiger partial charge on any atom is 0.168 e. The average molecular weight is 345 g/mol. The third-order valence-electron chi connectivity index (χ3n) is 4.32. The number of aromatic nitrogens is 3. The van der Waals surface area contributed by atoms with Gasteiger partial charge in [-0.05, 0) is 47.3 Å². The minimum Gasteiger partial charge on any atom is -0.294 e. The van der Waals surface area contributed by atoms with Crippen LogP contribution in [0.1, 0.15) is 16.1 Å². The second-order valence-electron chi connectivity index (χ2n) is 6.25. The summed E-state index contributed by atoms with van der Waals surface area (Å²) < 4.78 is 14.8. The first kappa shape index (κ1) is 16.1. The molecule has 5 heteroatoms. The number of hydrogen-bond acceptors (Lipinski definition) is 3. The van der Waals surface area contributed by atoms with Gasteiger partial charge in [0.25, 0.3) is 0 Å². The average Bonchev–Trinajstić information content (AvgIpc) is 3.08. The molecule has 0 radical (unpaired) electrons. The molecule has 0 fully saturated rings. The van der Waals surface area contributed by atoms with E-state index >= 15 is 0 Å². The van der Waals surface area contributed by atoms with E-state index in [4.69, 9.17) is 0 Å². The minimum absolute atomic E-state index is 0.0831. The van der Waals surface area contributed by atoms with Crippen LogP contribution in [0.5, 0.6) is 0 Å². The standard InChI is InChI=1S/C21H16FN3O/c1-25-13-18(12-24-25)15-2-3-16-11-23-20(9-17(16)8-15)10-21(26)14-4-6-19(22)7-5-14/h2-9,11-13H,10H2,1H3. The molecule has 128 valence electrons. The molecule has 2 heterocycles. The van der Waals surface area contributed by atoms with Crippen LogP contribution >= 0.6 is 0 Å². The topological polar surface area (TPSA) is 47.8 Å². The van der Waals surface area contributed by atoms with Crippen molar-refractivity contribution in [1.29, 1.82) is 0 Å². The summed E-state index contributed by atoms with van der Waals surface area (Å²) in [7, 11) is 1.88. The van der Waals surface area contributed by atoms with E-state index in [-0.39, 0.29) is 18.0 Å². The second-order valence-corrected chi connectivity index (χ2v) is 6.25. The number of carbonyl (C=O) groups is 1. The maximum absolute atomic E-state index is 13.0. The molecule has 26 heavy (non-hydrogen) atoms. The first-order chi connectivity index (χ1) is 12.6. The number of rotatable bonds is 4. The lowest BCUT2D eigenvalue weighted by atomic mass is 10.0. The van der Waals surface area contributed by atoms with Gasteiger partial charge in [0, 0.05) is 41.6 Å². The second kappa shape index (κ2) is 6.52. The van der Waals surface area contributed by atoms with E-state index in [0.29, 0.717) is 11.3 Å². The highest BCUT2D eigenvalue weighted by molar-refractivity contribution is 5.97. The first-order valence-corrected chi connectivity index (χ1v) is 8.25. The number of hydrogen-bond donors (Lipinski definition) is 0. The first-order valence-electron chi connectivity index (χ1n) is 8.25. The zero-order valence-electron chi connectivity index (χ0n) is 14.2. The van der Waals surface area contributed by atoms with Crippen LogP contribution in [0, 0.1) is 5.82 Å². The monoisotopic (exact) mass is 345 g/mol. The van der Waals surface area contributed by atoms with Gasteiger partial charge >= 0.3 is 0 Å². The van der Waals surface area contributed by atoms with Crippen molar-refractivity contribution < 1.29 is 9.18 Å². The quantitative estimate of drug-likeness (QED) is 0.521. The molecule has 4 nitrogen and oxygen atoms in total. The molecule has 0 saturated carbocycles. The van der Waals surface area contributed by atoms with Crippen molar-refractivity contribution in [2.24, 2.45) is 7.05 Å². The van der Waals surface area contributed by atoms with E-state index in [1.54, 1.807) is 10.9 Å². The molecule has 4 rings (SSSR count). The molecule has 0 amide bonds. The summed E-state index contributed by atoms with van der Waals surface area (Å²) in [5, 5.41) is 6.23. The Balaban J connectivity index is 1.63. The summed E-state index contributed by atoms with van der Waals surface area (Å²) in [6, 6.07) is 13.6. The SMILES string of the molecule is Cn1cc(-c2ccc3cnc(CC(=O)c4ccc(F)cc4)cc3c2)cn1. The Bertz CT molecular complexity index is 1100. The van der Waals surface area contributed by atoms with Crippen molar-refractivity contribution in [3.05, 3.63) is 84.2 Å². The summed E-state index contributed by atoms with van der Waals surface area (Å²) in [4.78, 5) is 16.8. The van der Waals surface area contributed by atoms with Crippen molar-refractivity contribution in [1.82, 2.24) is 14.8 Å². The van der Waals surface area contributed by atoms with Crippen LogP contribution in [-0.4, -0.2) is 20.5 Å². The number of benzene rings is 2. The summed E-state index contributed by atoms with van der Waals surface area (Å²) >= 11 is 0. The number of aryl methyl sites for hydroxylation is 1. The number of fused-ring (bicyclic) bond motifs is 1. The molecular weight excluding hydrogens is 329 g/mol. The predicted molar refractivity (Wildman–Crippen MR) is 98.4 cm³/mol. The summed E-state index contributed by atoms with van der Waals surface area (Å²) in [6.07, 6.45) is 5.73. The van der Waals surface area contributed by atoms with E-state index in [0.717, 1.165) is 21.9 Å². The fourth-order valence-corrected chi connectivity index (χ4v) is 2.94. The highest BCUT2D eigenvalue weighted by Crippen LogP contribution is 2.24. The van der Waals surface area contributed by atoms with Crippen molar-refractivity contribution in [2.75, 3.05) is 0 Å². The van der Waals surface area contributed by atoms with Crippen LogP contribution in [0.25, 0.3) is 21.9 Å². The van der Waals surface area contributed by atoms with Gasteiger partial charge in [0.1, 0.15) is 5.82 Å². The molecule has 0 aliphatic carbocycles. The summed E-state index contributed by atoms with van der Waals surface area (Å²) in [5.74, 6) is -0.437. The summed E-state index contributed by atoms with van der Waals surface area (Å²) in [5.41, 5.74) is 3.27. The maximum atomic E-state index is 13.0. The highest BCUT2D eigenvalue weighted by Gasteiger charge is 2.10. The van der Waals surface area contributed by atoms with Gasteiger partial charge in [0.15, 0.2) is 5.78 Å². The van der Waals surface area contributed by atoms with Crippen LogP contribution in [0.15, 0.2) is 67.1 Å². The van der Waals surface area contributed by atoms with E-state index in [1.165, 1.54) is 24.3 Å². The van der Waals surface area contributed by atoms with Crippen LogP contribution in [0.2, 0.25) is 0 Å². The van der Waals surface area contributed by atoms with Crippen molar-refractivity contribution in [2.45, 2.75) is 6.42 Å². The highest BCUT2D eigenvalue weighted by atomic mass is 19.1. The van der Waals surface area contributed by atoms with Gasteiger partial charge in [-0.1, -0.05) is 12.1 Å². The largest absolute Gasteiger partial charge is 0.294 e. The van der Waals surface area contributed by atoms with Crippen LogP contribution in [0.3, 0.4) is 0 Å². The normalized spacial score (nSPS) is 11.0. The molecule has 0 saturated heterocycles. The molecular formula is C21H16FN3O. The van der Waals surface area contributed by atoms with Gasteiger partial charge < -0.3 is 0 Å². The Kier molecular flexibility index (Phi) is 4.05. The third kappa shape index (κ3) is 3.24. The van der Waals surface area contributed by atoms with Gasteiger partial charge in [-0.15, -0.1) is 0 Å². The molecule has 2 aromatic heterocycles. The molecule has 0 aliphatic heterocycles. The fourth-order valence-electron chi connectivity index (χ4n) is 2.94. The number of halogens is 1.